The number of amides is 1. The number of thiocarbonyl (C=S) groups is 1. The molecule has 1 aromatic rings. The minimum atomic E-state index is -0.122. The van der Waals surface area contributed by atoms with Gasteiger partial charge in [0.25, 0.3) is 5.91 Å². The van der Waals surface area contributed by atoms with E-state index in [4.69, 9.17) is 27.4 Å². The van der Waals surface area contributed by atoms with Gasteiger partial charge in [-0.05, 0) is 25.1 Å². The lowest BCUT2D eigenvalue weighted by Crippen LogP contribution is -2.37. The normalized spacial score (nSPS) is 12.3. The quantitative estimate of drug-likeness (QED) is 0.829. The van der Waals surface area contributed by atoms with Gasteiger partial charge in [0.05, 0.1) is 11.5 Å². The zero-order valence-corrected chi connectivity index (χ0v) is 10.8. The van der Waals surface area contributed by atoms with E-state index in [9.17, 15) is 4.79 Å². The van der Waals surface area contributed by atoms with Crippen molar-refractivity contribution in [1.82, 2.24) is 4.90 Å². The molecule has 6 heteroatoms. The molecule has 1 heterocycles. The Morgan fingerprint density at radius 3 is 2.83 bits per heavy atom. The Morgan fingerprint density at radius 1 is 1.44 bits per heavy atom. The maximum absolute atomic E-state index is 12.2. The van der Waals surface area contributed by atoms with Gasteiger partial charge in [-0.2, -0.15) is 0 Å². The second-order valence-corrected chi connectivity index (χ2v) is 4.38. The zero-order valence-electron chi connectivity index (χ0n) is 10.0. The molecule has 0 atom stereocenters. The third-order valence-electron chi connectivity index (χ3n) is 2.64. The topological polar surface area (TPSA) is 64.8 Å². The summed E-state index contributed by atoms with van der Waals surface area (Å²) < 4.78 is 10.4. The van der Waals surface area contributed by atoms with Gasteiger partial charge in [-0.25, -0.2) is 0 Å². The molecule has 0 fully saturated rings. The summed E-state index contributed by atoms with van der Waals surface area (Å²) in [7, 11) is 0. The van der Waals surface area contributed by atoms with E-state index in [2.05, 4.69) is 0 Å². The number of nitrogens with zero attached hydrogens (tertiary/aromatic N) is 1. The molecule has 1 aromatic carbocycles. The van der Waals surface area contributed by atoms with E-state index < -0.39 is 0 Å². The van der Waals surface area contributed by atoms with Crippen molar-refractivity contribution >= 4 is 23.1 Å². The number of carbonyl (C=O) groups excluding carboxylic acids is 1. The maximum atomic E-state index is 12.2. The summed E-state index contributed by atoms with van der Waals surface area (Å²) in [5.41, 5.74) is 6.01. The minimum absolute atomic E-state index is 0.122. The Balaban J connectivity index is 2.19. The summed E-state index contributed by atoms with van der Waals surface area (Å²) in [6.07, 6.45) is 0. The second kappa shape index (κ2) is 5.22. The van der Waals surface area contributed by atoms with Crippen LogP contribution in [-0.2, 0) is 0 Å². The number of rotatable bonds is 4. The highest BCUT2D eigenvalue weighted by molar-refractivity contribution is 7.80. The highest BCUT2D eigenvalue weighted by atomic mass is 32.1. The molecule has 0 unspecified atom stereocenters. The van der Waals surface area contributed by atoms with Gasteiger partial charge in [0, 0.05) is 12.1 Å². The standard InChI is InChI=1S/C12H14N2O3S/c1-2-14(6-11(13)18)12(15)8-3-4-9-10(5-8)17-7-16-9/h3-5H,2,6-7H2,1H3,(H2,13,18). The number of benzene rings is 1. The van der Waals surface area contributed by atoms with Crippen LogP contribution in [0, 0.1) is 0 Å². The van der Waals surface area contributed by atoms with Crippen molar-refractivity contribution in [1.29, 1.82) is 0 Å². The van der Waals surface area contributed by atoms with Crippen molar-refractivity contribution in [3.63, 3.8) is 0 Å². The molecule has 18 heavy (non-hydrogen) atoms. The highest BCUT2D eigenvalue weighted by Gasteiger charge is 2.19. The van der Waals surface area contributed by atoms with Gasteiger partial charge in [0.1, 0.15) is 0 Å². The molecule has 0 aliphatic carbocycles. The van der Waals surface area contributed by atoms with Crippen LogP contribution in [0.15, 0.2) is 18.2 Å². The molecular formula is C12H14N2O3S. The van der Waals surface area contributed by atoms with Crippen molar-refractivity contribution in [2.45, 2.75) is 6.92 Å². The number of nitrogens with two attached hydrogens (primary N) is 1. The Kier molecular flexibility index (Phi) is 3.66. The molecule has 5 nitrogen and oxygen atoms in total. The molecule has 1 amide bonds. The van der Waals surface area contributed by atoms with Gasteiger partial charge in [-0.1, -0.05) is 12.2 Å². The smallest absolute Gasteiger partial charge is 0.254 e. The Bertz CT molecular complexity index is 490. The van der Waals surface area contributed by atoms with Crippen LogP contribution < -0.4 is 15.2 Å². The van der Waals surface area contributed by atoms with Crippen LogP contribution in [-0.4, -0.2) is 35.7 Å². The Hall–Kier alpha value is -1.82. The first-order valence-corrected chi connectivity index (χ1v) is 6.00. The van der Waals surface area contributed by atoms with Gasteiger partial charge in [0.15, 0.2) is 11.5 Å². The van der Waals surface area contributed by atoms with Gasteiger partial charge in [0.2, 0.25) is 6.79 Å². The summed E-state index contributed by atoms with van der Waals surface area (Å²) >= 11 is 4.83. The Morgan fingerprint density at radius 2 is 2.17 bits per heavy atom. The van der Waals surface area contributed by atoms with Crippen LogP contribution in [0.25, 0.3) is 0 Å². The highest BCUT2D eigenvalue weighted by Crippen LogP contribution is 2.32. The first kappa shape index (κ1) is 12.6. The third-order valence-corrected chi connectivity index (χ3v) is 2.76. The summed E-state index contributed by atoms with van der Waals surface area (Å²) in [6.45, 7) is 2.89. The van der Waals surface area contributed by atoms with Crippen molar-refractivity contribution < 1.29 is 14.3 Å². The molecular weight excluding hydrogens is 252 g/mol. The van der Waals surface area contributed by atoms with E-state index in [1.165, 1.54) is 0 Å². The molecule has 96 valence electrons. The average Bonchev–Trinajstić information content (AvgIpc) is 2.81. The van der Waals surface area contributed by atoms with Crippen LogP contribution in [0.3, 0.4) is 0 Å². The molecule has 1 aliphatic heterocycles. The molecule has 1 aliphatic rings. The van der Waals surface area contributed by atoms with Gasteiger partial charge in [-0.3, -0.25) is 4.79 Å². The predicted molar refractivity (Wildman–Crippen MR) is 70.9 cm³/mol. The SMILES string of the molecule is CCN(CC(N)=S)C(=O)c1ccc2c(c1)OCO2. The average molecular weight is 266 g/mol. The zero-order chi connectivity index (χ0) is 13.1. The largest absolute Gasteiger partial charge is 0.454 e. The molecule has 2 N–H and O–H groups in total. The fraction of sp³-hybridized carbons (Fsp3) is 0.333. The number of likely N-dealkylation sites (N-methyl/N-ethyl adjacent to an activating group) is 1. The number of ether oxygens (including phenoxy) is 2. The summed E-state index contributed by atoms with van der Waals surface area (Å²) in [6, 6.07) is 5.11. The minimum Gasteiger partial charge on any atom is -0.454 e. The third kappa shape index (κ3) is 2.53. The van der Waals surface area contributed by atoms with Crippen LogP contribution in [0.5, 0.6) is 11.5 Å². The maximum Gasteiger partial charge on any atom is 0.254 e. The predicted octanol–water partition coefficient (Wildman–Crippen LogP) is 1.16. The monoisotopic (exact) mass is 266 g/mol. The van der Waals surface area contributed by atoms with Crippen LogP contribution in [0.4, 0.5) is 0 Å². The van der Waals surface area contributed by atoms with Gasteiger partial charge < -0.3 is 20.1 Å². The Labute approximate surface area is 110 Å². The van der Waals surface area contributed by atoms with Crippen molar-refractivity contribution in [2.24, 2.45) is 5.73 Å². The van der Waals surface area contributed by atoms with Crippen molar-refractivity contribution in [2.75, 3.05) is 19.9 Å². The van der Waals surface area contributed by atoms with Crippen LogP contribution in [0.1, 0.15) is 17.3 Å². The van der Waals surface area contributed by atoms with E-state index in [-0.39, 0.29) is 19.2 Å². The number of hydrogen-bond donors (Lipinski definition) is 1. The summed E-state index contributed by atoms with van der Waals surface area (Å²) in [5.74, 6) is 1.12. The van der Waals surface area contributed by atoms with Crippen LogP contribution >= 0.6 is 12.2 Å². The van der Waals surface area contributed by atoms with Crippen molar-refractivity contribution in [3.8, 4) is 11.5 Å². The van der Waals surface area contributed by atoms with Gasteiger partial charge >= 0.3 is 0 Å². The van der Waals surface area contributed by atoms with Crippen molar-refractivity contribution in [3.05, 3.63) is 23.8 Å². The van der Waals surface area contributed by atoms with E-state index in [1.807, 2.05) is 6.92 Å². The molecule has 0 radical (unpaired) electrons. The first-order valence-electron chi connectivity index (χ1n) is 5.59. The fourth-order valence-electron chi connectivity index (χ4n) is 1.73. The molecule has 0 saturated heterocycles. The molecule has 0 bridgehead atoms. The number of carbonyl (C=O) groups is 1. The van der Waals surface area contributed by atoms with Crippen LogP contribution in [0.2, 0.25) is 0 Å². The lowest BCUT2D eigenvalue weighted by molar-refractivity contribution is 0.0787. The second-order valence-electron chi connectivity index (χ2n) is 3.85. The van der Waals surface area contributed by atoms with Gasteiger partial charge in [-0.15, -0.1) is 0 Å². The molecule has 0 saturated carbocycles. The number of fused-ring (bicyclic) bond motifs is 1. The van der Waals surface area contributed by atoms with E-state index >= 15 is 0 Å². The fourth-order valence-corrected chi connectivity index (χ4v) is 1.88. The summed E-state index contributed by atoms with van der Waals surface area (Å²) in [5, 5.41) is 0. The lowest BCUT2D eigenvalue weighted by Gasteiger charge is -2.20. The number of hydrogen-bond acceptors (Lipinski definition) is 4. The lowest BCUT2D eigenvalue weighted by atomic mass is 10.1. The van der Waals surface area contributed by atoms with E-state index in [0.29, 0.717) is 28.6 Å². The van der Waals surface area contributed by atoms with E-state index in [1.54, 1.807) is 23.1 Å². The molecule has 2 rings (SSSR count). The molecule has 0 spiro atoms. The van der Waals surface area contributed by atoms with E-state index in [0.717, 1.165) is 0 Å². The molecule has 0 aromatic heterocycles. The summed E-state index contributed by atoms with van der Waals surface area (Å²) in [4.78, 5) is 14.1. The first-order chi connectivity index (χ1) is 8.61.